The number of piperidine rings is 1. The molecule has 0 bridgehead atoms. The summed E-state index contributed by atoms with van der Waals surface area (Å²) in [5.74, 6) is 0.795. The first kappa shape index (κ1) is 13.9. The molecule has 1 saturated heterocycles. The molecule has 1 rings (SSSR count). The third-order valence-electron chi connectivity index (χ3n) is 3.26. The SMILES string of the molecule is C\C=C/C(=C\C=C(/C)C1CCNCC1)C(C)=O. The Morgan fingerprint density at radius 1 is 1.18 bits per heavy atom. The van der Waals surface area contributed by atoms with E-state index < -0.39 is 0 Å². The lowest BCUT2D eigenvalue weighted by atomic mass is 9.90. The van der Waals surface area contributed by atoms with Gasteiger partial charge in [-0.1, -0.05) is 29.9 Å². The van der Waals surface area contributed by atoms with E-state index in [1.54, 1.807) is 6.92 Å². The van der Waals surface area contributed by atoms with Crippen LogP contribution in [-0.2, 0) is 4.79 Å². The van der Waals surface area contributed by atoms with Crippen LogP contribution in [-0.4, -0.2) is 18.9 Å². The highest BCUT2D eigenvalue weighted by Crippen LogP contribution is 2.21. The molecule has 1 aliphatic rings. The Hall–Kier alpha value is -1.15. The minimum Gasteiger partial charge on any atom is -0.317 e. The predicted molar refractivity (Wildman–Crippen MR) is 72.9 cm³/mol. The van der Waals surface area contributed by atoms with Gasteiger partial charge in [0.25, 0.3) is 0 Å². The highest BCUT2D eigenvalue weighted by molar-refractivity contribution is 5.96. The zero-order chi connectivity index (χ0) is 12.7. The fourth-order valence-electron chi connectivity index (χ4n) is 2.10. The van der Waals surface area contributed by atoms with Crippen LogP contribution in [0.2, 0.25) is 0 Å². The van der Waals surface area contributed by atoms with Gasteiger partial charge in [-0.25, -0.2) is 0 Å². The lowest BCUT2D eigenvalue weighted by Crippen LogP contribution is -2.28. The summed E-state index contributed by atoms with van der Waals surface area (Å²) < 4.78 is 0. The number of rotatable bonds is 4. The molecule has 0 amide bonds. The van der Waals surface area contributed by atoms with E-state index in [-0.39, 0.29) is 5.78 Å². The van der Waals surface area contributed by atoms with Gasteiger partial charge >= 0.3 is 0 Å². The maximum absolute atomic E-state index is 11.4. The topological polar surface area (TPSA) is 29.1 Å². The van der Waals surface area contributed by atoms with Gasteiger partial charge in [-0.2, -0.15) is 0 Å². The first-order valence-corrected chi connectivity index (χ1v) is 6.38. The molecule has 1 fully saturated rings. The first-order valence-electron chi connectivity index (χ1n) is 6.38. The number of Topliss-reactive ketones (excluding diaryl/α,β-unsaturated/α-hetero) is 1. The zero-order valence-electron chi connectivity index (χ0n) is 11.1. The molecule has 17 heavy (non-hydrogen) atoms. The summed E-state index contributed by atoms with van der Waals surface area (Å²) in [5, 5.41) is 3.37. The minimum atomic E-state index is 0.123. The third kappa shape index (κ3) is 4.70. The van der Waals surface area contributed by atoms with E-state index >= 15 is 0 Å². The summed E-state index contributed by atoms with van der Waals surface area (Å²) in [6.45, 7) is 7.92. The van der Waals surface area contributed by atoms with E-state index in [2.05, 4.69) is 18.3 Å². The molecule has 0 aromatic heterocycles. The van der Waals surface area contributed by atoms with Crippen molar-refractivity contribution < 1.29 is 4.79 Å². The number of nitrogens with one attached hydrogen (secondary N) is 1. The molecule has 2 nitrogen and oxygen atoms in total. The van der Waals surface area contributed by atoms with E-state index in [4.69, 9.17) is 0 Å². The highest BCUT2D eigenvalue weighted by Gasteiger charge is 2.13. The Balaban J connectivity index is 2.71. The van der Waals surface area contributed by atoms with E-state index in [0.717, 1.165) is 18.7 Å². The van der Waals surface area contributed by atoms with Crippen molar-refractivity contribution in [1.82, 2.24) is 5.32 Å². The normalized spacial score (nSPS) is 19.9. The van der Waals surface area contributed by atoms with Crippen molar-refractivity contribution in [2.45, 2.75) is 33.6 Å². The zero-order valence-corrected chi connectivity index (χ0v) is 11.1. The Morgan fingerprint density at radius 3 is 2.35 bits per heavy atom. The van der Waals surface area contributed by atoms with Gasteiger partial charge in [-0.15, -0.1) is 0 Å². The average molecular weight is 233 g/mol. The molecule has 2 heteroatoms. The van der Waals surface area contributed by atoms with E-state index in [1.807, 2.05) is 25.2 Å². The van der Waals surface area contributed by atoms with Crippen LogP contribution in [0.15, 0.2) is 35.5 Å². The average Bonchev–Trinajstić information content (AvgIpc) is 2.34. The van der Waals surface area contributed by atoms with Gasteiger partial charge in [0.1, 0.15) is 0 Å². The van der Waals surface area contributed by atoms with Gasteiger partial charge < -0.3 is 5.32 Å². The number of ketones is 1. The number of carbonyl (C=O) groups excluding carboxylic acids is 1. The second kappa shape index (κ2) is 7.23. The predicted octanol–water partition coefficient (Wildman–Crippen LogP) is 3.02. The van der Waals surface area contributed by atoms with Gasteiger partial charge in [0.2, 0.25) is 0 Å². The molecule has 0 atom stereocenters. The lowest BCUT2D eigenvalue weighted by Gasteiger charge is -2.23. The number of hydrogen-bond donors (Lipinski definition) is 1. The molecular formula is C15H23NO. The Morgan fingerprint density at radius 2 is 1.82 bits per heavy atom. The second-order valence-corrected chi connectivity index (χ2v) is 4.61. The van der Waals surface area contributed by atoms with Crippen molar-refractivity contribution in [3.63, 3.8) is 0 Å². The number of hydrogen-bond acceptors (Lipinski definition) is 2. The van der Waals surface area contributed by atoms with Gasteiger partial charge in [-0.05, 0) is 52.6 Å². The Kier molecular flexibility index (Phi) is 5.92. The van der Waals surface area contributed by atoms with Crippen LogP contribution in [0.1, 0.15) is 33.6 Å². The molecule has 0 radical (unpaired) electrons. The van der Waals surface area contributed by atoms with Gasteiger partial charge in [-0.3, -0.25) is 4.79 Å². The summed E-state index contributed by atoms with van der Waals surface area (Å²) in [4.78, 5) is 11.4. The summed E-state index contributed by atoms with van der Waals surface area (Å²) in [6.07, 6.45) is 10.2. The van der Waals surface area contributed by atoms with Crippen molar-refractivity contribution in [3.05, 3.63) is 35.5 Å². The molecule has 0 aliphatic carbocycles. The van der Waals surface area contributed by atoms with Crippen LogP contribution < -0.4 is 5.32 Å². The molecule has 0 aromatic carbocycles. The van der Waals surface area contributed by atoms with Crippen molar-refractivity contribution in [3.8, 4) is 0 Å². The molecule has 1 aliphatic heterocycles. The van der Waals surface area contributed by atoms with Crippen LogP contribution in [0.4, 0.5) is 0 Å². The van der Waals surface area contributed by atoms with E-state index in [1.165, 1.54) is 18.4 Å². The monoisotopic (exact) mass is 233 g/mol. The van der Waals surface area contributed by atoms with Crippen LogP contribution in [0, 0.1) is 5.92 Å². The van der Waals surface area contributed by atoms with Crippen LogP contribution >= 0.6 is 0 Å². The molecule has 1 N–H and O–H groups in total. The molecule has 0 aromatic rings. The van der Waals surface area contributed by atoms with Crippen molar-refractivity contribution in [1.29, 1.82) is 0 Å². The largest absolute Gasteiger partial charge is 0.317 e. The highest BCUT2D eigenvalue weighted by atomic mass is 16.1. The molecular weight excluding hydrogens is 210 g/mol. The van der Waals surface area contributed by atoms with Gasteiger partial charge in [0.15, 0.2) is 5.78 Å². The van der Waals surface area contributed by atoms with Crippen molar-refractivity contribution in [2.75, 3.05) is 13.1 Å². The molecule has 0 unspecified atom stereocenters. The first-order chi connectivity index (χ1) is 8.15. The second-order valence-electron chi connectivity index (χ2n) is 4.61. The summed E-state index contributed by atoms with van der Waals surface area (Å²) in [6, 6.07) is 0. The maximum Gasteiger partial charge on any atom is 0.159 e. The molecule has 94 valence electrons. The van der Waals surface area contributed by atoms with Crippen LogP contribution in [0.5, 0.6) is 0 Å². The van der Waals surface area contributed by atoms with Crippen molar-refractivity contribution in [2.24, 2.45) is 5.92 Å². The van der Waals surface area contributed by atoms with E-state index in [0.29, 0.717) is 5.92 Å². The minimum absolute atomic E-state index is 0.123. The maximum atomic E-state index is 11.4. The Bertz CT molecular complexity index is 344. The smallest absolute Gasteiger partial charge is 0.159 e. The number of allylic oxidation sites excluding steroid dienone is 6. The van der Waals surface area contributed by atoms with Gasteiger partial charge in [0, 0.05) is 5.57 Å². The van der Waals surface area contributed by atoms with E-state index in [9.17, 15) is 4.79 Å². The quantitative estimate of drug-likeness (QED) is 0.597. The standard InChI is InChI=1S/C15H23NO/c1-4-5-15(13(3)17)7-6-12(2)14-8-10-16-11-9-14/h4-7,14,16H,8-11H2,1-3H3/b5-4-,12-6+,15-7+. The summed E-state index contributed by atoms with van der Waals surface area (Å²) in [5.41, 5.74) is 2.16. The number of carbonyl (C=O) groups is 1. The molecule has 1 heterocycles. The van der Waals surface area contributed by atoms with Crippen LogP contribution in [0.25, 0.3) is 0 Å². The molecule has 0 spiro atoms. The van der Waals surface area contributed by atoms with Crippen LogP contribution in [0.3, 0.4) is 0 Å². The Labute approximate surface area is 104 Å². The fourth-order valence-corrected chi connectivity index (χ4v) is 2.10. The summed E-state index contributed by atoms with van der Waals surface area (Å²) in [7, 11) is 0. The lowest BCUT2D eigenvalue weighted by molar-refractivity contribution is -0.113. The fraction of sp³-hybridized carbons (Fsp3) is 0.533. The molecule has 0 saturated carbocycles. The van der Waals surface area contributed by atoms with Crippen molar-refractivity contribution >= 4 is 5.78 Å². The third-order valence-corrected chi connectivity index (χ3v) is 3.26. The van der Waals surface area contributed by atoms with Gasteiger partial charge in [0.05, 0.1) is 0 Å². The summed E-state index contributed by atoms with van der Waals surface area (Å²) >= 11 is 0.